The number of hydrogen-bond acceptors (Lipinski definition) is 4. The van der Waals surface area contributed by atoms with Crippen LogP contribution < -0.4 is 5.90 Å². The molecule has 0 saturated heterocycles. The average molecular weight is 192 g/mol. The van der Waals surface area contributed by atoms with Crippen molar-refractivity contribution >= 4 is 11.8 Å². The Morgan fingerprint density at radius 2 is 1.64 bits per heavy atom. The first-order valence-electron chi connectivity index (χ1n) is 4.02. The van der Waals surface area contributed by atoms with Gasteiger partial charge in [-0.2, -0.15) is 0 Å². The molecule has 1 aliphatic rings. The fourth-order valence-corrected chi connectivity index (χ4v) is 1.43. The number of imide groups is 1. The third-order valence-electron chi connectivity index (χ3n) is 2.08. The first-order valence-corrected chi connectivity index (χ1v) is 4.02. The highest BCUT2D eigenvalue weighted by Crippen LogP contribution is 2.21. The predicted octanol–water partition coefficient (Wildman–Crippen LogP) is 0.130. The van der Waals surface area contributed by atoms with E-state index in [1.54, 1.807) is 24.3 Å². The summed E-state index contributed by atoms with van der Waals surface area (Å²) in [6.45, 7) is -0.216. The molecule has 72 valence electrons. The lowest BCUT2D eigenvalue weighted by Crippen LogP contribution is -2.33. The lowest BCUT2D eigenvalue weighted by atomic mass is 10.1. The van der Waals surface area contributed by atoms with Gasteiger partial charge in [0.25, 0.3) is 11.8 Å². The van der Waals surface area contributed by atoms with Crippen molar-refractivity contribution < 1.29 is 14.4 Å². The van der Waals surface area contributed by atoms with E-state index in [0.29, 0.717) is 11.1 Å². The van der Waals surface area contributed by atoms with E-state index < -0.39 is 0 Å². The highest BCUT2D eigenvalue weighted by molar-refractivity contribution is 6.21. The van der Waals surface area contributed by atoms with Gasteiger partial charge in [-0.1, -0.05) is 12.1 Å². The number of hydrogen-bond donors (Lipinski definition) is 1. The Balaban J connectivity index is 2.43. The minimum absolute atomic E-state index is 0.216. The highest BCUT2D eigenvalue weighted by atomic mass is 16.6. The second kappa shape index (κ2) is 3.21. The smallest absolute Gasteiger partial charge is 0.263 e. The third kappa shape index (κ3) is 1.11. The zero-order valence-electron chi connectivity index (χ0n) is 7.27. The van der Waals surface area contributed by atoms with E-state index in [2.05, 4.69) is 4.84 Å². The molecular weight excluding hydrogens is 184 g/mol. The van der Waals surface area contributed by atoms with Gasteiger partial charge in [0.05, 0.1) is 11.1 Å². The van der Waals surface area contributed by atoms with E-state index in [4.69, 9.17) is 5.90 Å². The molecule has 5 nitrogen and oxygen atoms in total. The van der Waals surface area contributed by atoms with Crippen molar-refractivity contribution in [1.82, 2.24) is 4.90 Å². The molecule has 0 saturated carbocycles. The molecule has 2 rings (SSSR count). The predicted molar refractivity (Wildman–Crippen MR) is 47.1 cm³/mol. The molecule has 0 bridgehead atoms. The molecular formula is C9H8N2O3. The lowest BCUT2D eigenvalue weighted by Gasteiger charge is -2.10. The molecule has 1 aromatic rings. The number of rotatable bonds is 2. The Kier molecular flexibility index (Phi) is 2.03. The minimum Gasteiger partial charge on any atom is -0.282 e. The summed E-state index contributed by atoms with van der Waals surface area (Å²) >= 11 is 0. The molecule has 0 radical (unpaired) electrons. The molecule has 0 fully saturated rings. The van der Waals surface area contributed by atoms with Crippen molar-refractivity contribution in [2.45, 2.75) is 0 Å². The maximum absolute atomic E-state index is 11.6. The van der Waals surface area contributed by atoms with Gasteiger partial charge in [0.1, 0.15) is 6.73 Å². The van der Waals surface area contributed by atoms with Gasteiger partial charge in [-0.3, -0.25) is 14.4 Å². The summed E-state index contributed by atoms with van der Waals surface area (Å²) in [4.78, 5) is 28.4. The maximum Gasteiger partial charge on any atom is 0.263 e. The largest absolute Gasteiger partial charge is 0.282 e. The molecule has 0 aromatic heterocycles. The molecule has 1 aromatic carbocycles. The van der Waals surface area contributed by atoms with Crippen LogP contribution in [-0.2, 0) is 4.84 Å². The van der Waals surface area contributed by atoms with Gasteiger partial charge in [-0.25, -0.2) is 10.8 Å². The van der Waals surface area contributed by atoms with Crippen LogP contribution in [-0.4, -0.2) is 23.4 Å². The van der Waals surface area contributed by atoms with E-state index in [9.17, 15) is 9.59 Å². The fourth-order valence-electron chi connectivity index (χ4n) is 1.43. The van der Waals surface area contributed by atoms with Crippen LogP contribution in [0.25, 0.3) is 0 Å². The highest BCUT2D eigenvalue weighted by Gasteiger charge is 2.34. The maximum atomic E-state index is 11.6. The normalized spacial score (nSPS) is 14.8. The summed E-state index contributed by atoms with van der Waals surface area (Å²) in [6.07, 6.45) is 0. The number of fused-ring (bicyclic) bond motifs is 1. The molecule has 1 heterocycles. The van der Waals surface area contributed by atoms with Crippen molar-refractivity contribution in [1.29, 1.82) is 0 Å². The number of benzene rings is 1. The summed E-state index contributed by atoms with van der Waals surface area (Å²) in [5.74, 6) is 4.09. The van der Waals surface area contributed by atoms with Gasteiger partial charge in [-0.05, 0) is 12.1 Å². The number of carbonyl (C=O) groups is 2. The first kappa shape index (κ1) is 8.86. The standard InChI is InChI=1S/C9H8N2O3/c10-14-5-11-8(12)6-3-1-2-4-7(6)9(11)13/h1-4H,5,10H2. The summed E-state index contributed by atoms with van der Waals surface area (Å²) < 4.78 is 0. The second-order valence-corrected chi connectivity index (χ2v) is 2.88. The average Bonchev–Trinajstić information content (AvgIpc) is 2.45. The van der Waals surface area contributed by atoms with Crippen LogP contribution >= 0.6 is 0 Å². The fraction of sp³-hybridized carbons (Fsp3) is 0.111. The quantitative estimate of drug-likeness (QED) is 0.534. The lowest BCUT2D eigenvalue weighted by molar-refractivity contribution is 0.0253. The number of nitrogens with zero attached hydrogens (tertiary/aromatic N) is 1. The van der Waals surface area contributed by atoms with Crippen LogP contribution in [0.15, 0.2) is 24.3 Å². The Morgan fingerprint density at radius 1 is 1.14 bits per heavy atom. The summed E-state index contributed by atoms with van der Waals surface area (Å²) in [5.41, 5.74) is 0.795. The SMILES string of the molecule is NOCN1C(=O)c2ccccc2C1=O. The number of carbonyl (C=O) groups excluding carboxylic acids is 2. The van der Waals surface area contributed by atoms with E-state index in [0.717, 1.165) is 4.90 Å². The van der Waals surface area contributed by atoms with Crippen molar-refractivity contribution in [2.24, 2.45) is 5.90 Å². The molecule has 2 amide bonds. The topological polar surface area (TPSA) is 72.6 Å². The molecule has 0 unspecified atom stereocenters. The Morgan fingerprint density at radius 3 is 2.07 bits per heavy atom. The summed E-state index contributed by atoms with van der Waals surface area (Å²) in [7, 11) is 0. The monoisotopic (exact) mass is 192 g/mol. The molecule has 14 heavy (non-hydrogen) atoms. The van der Waals surface area contributed by atoms with Gasteiger partial charge in [-0.15, -0.1) is 0 Å². The first-order chi connectivity index (χ1) is 6.75. The minimum atomic E-state index is -0.365. The Labute approximate surface area is 80.0 Å². The zero-order valence-corrected chi connectivity index (χ0v) is 7.27. The van der Waals surface area contributed by atoms with Gasteiger partial charge in [0.2, 0.25) is 0 Å². The van der Waals surface area contributed by atoms with Crippen molar-refractivity contribution in [3.8, 4) is 0 Å². The Hall–Kier alpha value is -1.72. The van der Waals surface area contributed by atoms with Crippen molar-refractivity contribution in [2.75, 3.05) is 6.73 Å². The van der Waals surface area contributed by atoms with Crippen LogP contribution in [0.2, 0.25) is 0 Å². The number of nitrogens with two attached hydrogens (primary N) is 1. The van der Waals surface area contributed by atoms with Crippen LogP contribution in [0.1, 0.15) is 20.7 Å². The van der Waals surface area contributed by atoms with Gasteiger partial charge >= 0.3 is 0 Å². The summed E-state index contributed by atoms with van der Waals surface area (Å²) in [6, 6.07) is 6.62. The third-order valence-corrected chi connectivity index (χ3v) is 2.08. The second-order valence-electron chi connectivity index (χ2n) is 2.88. The van der Waals surface area contributed by atoms with Crippen molar-refractivity contribution in [3.63, 3.8) is 0 Å². The molecule has 0 aliphatic carbocycles. The van der Waals surface area contributed by atoms with E-state index in [-0.39, 0.29) is 18.5 Å². The molecule has 1 aliphatic heterocycles. The van der Waals surface area contributed by atoms with Crippen LogP contribution in [0.4, 0.5) is 0 Å². The van der Waals surface area contributed by atoms with E-state index >= 15 is 0 Å². The van der Waals surface area contributed by atoms with Crippen LogP contribution in [0.3, 0.4) is 0 Å². The molecule has 2 N–H and O–H groups in total. The van der Waals surface area contributed by atoms with E-state index in [1.807, 2.05) is 0 Å². The van der Waals surface area contributed by atoms with Crippen LogP contribution in [0.5, 0.6) is 0 Å². The van der Waals surface area contributed by atoms with Crippen LogP contribution in [0, 0.1) is 0 Å². The molecule has 0 spiro atoms. The number of amides is 2. The summed E-state index contributed by atoms with van der Waals surface area (Å²) in [5, 5.41) is 0. The zero-order chi connectivity index (χ0) is 10.1. The van der Waals surface area contributed by atoms with E-state index in [1.165, 1.54) is 0 Å². The van der Waals surface area contributed by atoms with Gasteiger partial charge < -0.3 is 0 Å². The van der Waals surface area contributed by atoms with Crippen molar-refractivity contribution in [3.05, 3.63) is 35.4 Å². The van der Waals surface area contributed by atoms with Gasteiger partial charge in [0, 0.05) is 0 Å². The Bertz CT molecular complexity index is 368. The van der Waals surface area contributed by atoms with Gasteiger partial charge in [0.15, 0.2) is 0 Å². The molecule has 5 heteroatoms. The molecule has 0 atom stereocenters.